The molecule has 0 spiro atoms. The summed E-state index contributed by atoms with van der Waals surface area (Å²) >= 11 is 0. The molecule has 0 unspecified atom stereocenters. The number of alkyl halides is 2. The first-order valence-corrected chi connectivity index (χ1v) is 9.72. The first-order valence-electron chi connectivity index (χ1n) is 9.72. The van der Waals surface area contributed by atoms with Crippen molar-refractivity contribution in [2.24, 2.45) is 16.8 Å². The van der Waals surface area contributed by atoms with Crippen LogP contribution in [0.15, 0.2) is 35.7 Å². The molecule has 1 aromatic carbocycles. The van der Waals surface area contributed by atoms with Crippen molar-refractivity contribution in [2.75, 3.05) is 18.0 Å². The van der Waals surface area contributed by atoms with Crippen LogP contribution in [-0.2, 0) is 4.79 Å². The quantitative estimate of drug-likeness (QED) is 0.720. The summed E-state index contributed by atoms with van der Waals surface area (Å²) in [7, 11) is 0. The summed E-state index contributed by atoms with van der Waals surface area (Å²) < 4.78 is 57.3. The Labute approximate surface area is 179 Å². The van der Waals surface area contributed by atoms with Gasteiger partial charge in [-0.1, -0.05) is 0 Å². The molecule has 2 N–H and O–H groups in total. The highest BCUT2D eigenvalue weighted by Gasteiger charge is 2.51. The largest absolute Gasteiger partial charge is 0.364 e. The van der Waals surface area contributed by atoms with Gasteiger partial charge in [-0.25, -0.2) is 32.5 Å². The number of nitrogens with zero attached hydrogens (tertiary/aromatic N) is 5. The minimum atomic E-state index is -3.46. The fourth-order valence-corrected chi connectivity index (χ4v) is 3.92. The number of hydrogen-bond acceptors (Lipinski definition) is 6. The summed E-state index contributed by atoms with van der Waals surface area (Å²) in [5, 5.41) is 4.77. The van der Waals surface area contributed by atoms with Crippen molar-refractivity contribution in [2.45, 2.75) is 24.8 Å². The van der Waals surface area contributed by atoms with Crippen LogP contribution < -0.4 is 10.6 Å². The van der Waals surface area contributed by atoms with E-state index < -0.39 is 47.9 Å². The molecule has 2 amide bonds. The highest BCUT2D eigenvalue weighted by atomic mass is 19.3. The number of aromatic nitrogens is 2. The third-order valence-corrected chi connectivity index (χ3v) is 5.45. The van der Waals surface area contributed by atoms with E-state index in [2.05, 4.69) is 15.1 Å². The molecule has 12 heteroatoms. The molecule has 4 rings (SSSR count). The second-order valence-electron chi connectivity index (χ2n) is 7.58. The Hall–Kier alpha value is -3.57. The van der Waals surface area contributed by atoms with Gasteiger partial charge in [0.15, 0.2) is 0 Å². The number of piperidine rings is 1. The summed E-state index contributed by atoms with van der Waals surface area (Å²) in [6.07, 6.45) is 2.32. The molecule has 0 saturated carbocycles. The summed E-state index contributed by atoms with van der Waals surface area (Å²) in [4.78, 5) is 33.1. The lowest BCUT2D eigenvalue weighted by Crippen LogP contribution is -2.54. The van der Waals surface area contributed by atoms with Crippen molar-refractivity contribution < 1.29 is 27.2 Å². The zero-order chi connectivity index (χ0) is 23.0. The molecule has 1 saturated heterocycles. The minimum Gasteiger partial charge on any atom is -0.364 e. The lowest BCUT2D eigenvalue weighted by atomic mass is 9.90. The maximum atomic E-state index is 15.0. The Morgan fingerprint density at radius 2 is 1.81 bits per heavy atom. The molecule has 8 nitrogen and oxygen atoms in total. The maximum absolute atomic E-state index is 15.0. The standard InChI is InChI=1S/C20H18F4N6O2/c21-12-5-11(6-13(22)7-12)16-1-3-28-30(16)19(32)14-2-4-29(9-20(14,23)24)17-8-15(18(25)31)26-10-27-17/h3,5-8,10,14,16H,1-2,4,9H2,(H2,25,31)/t14-,16-/m0/s1. The van der Waals surface area contributed by atoms with Gasteiger partial charge in [-0.3, -0.25) is 9.59 Å². The topological polar surface area (TPSA) is 105 Å². The maximum Gasteiger partial charge on any atom is 0.276 e. The van der Waals surface area contributed by atoms with E-state index in [0.29, 0.717) is 6.07 Å². The number of anilines is 1. The van der Waals surface area contributed by atoms with Crippen molar-refractivity contribution >= 4 is 23.8 Å². The molecular weight excluding hydrogens is 432 g/mol. The van der Waals surface area contributed by atoms with Gasteiger partial charge in [0, 0.05) is 31.3 Å². The number of hydrazone groups is 1. The number of rotatable bonds is 4. The number of benzene rings is 1. The van der Waals surface area contributed by atoms with Gasteiger partial charge in [-0.2, -0.15) is 5.10 Å². The van der Waals surface area contributed by atoms with E-state index >= 15 is 8.78 Å². The average molecular weight is 450 g/mol. The van der Waals surface area contributed by atoms with Crippen LogP contribution in [0.2, 0.25) is 0 Å². The van der Waals surface area contributed by atoms with Gasteiger partial charge >= 0.3 is 0 Å². The van der Waals surface area contributed by atoms with Crippen molar-refractivity contribution in [1.29, 1.82) is 0 Å². The Morgan fingerprint density at radius 1 is 1.09 bits per heavy atom. The van der Waals surface area contributed by atoms with Gasteiger partial charge in [0.2, 0.25) is 0 Å². The van der Waals surface area contributed by atoms with E-state index in [4.69, 9.17) is 5.73 Å². The Kier molecular flexibility index (Phi) is 5.53. The second kappa shape index (κ2) is 8.17. The SMILES string of the molecule is NC(=O)c1cc(N2CC[C@@H](C(=O)N3N=CC[C@H]3c3cc(F)cc(F)c3)C(F)(F)C2)ncn1. The summed E-state index contributed by atoms with van der Waals surface area (Å²) in [6.45, 7) is -0.770. The fourth-order valence-electron chi connectivity index (χ4n) is 3.92. The summed E-state index contributed by atoms with van der Waals surface area (Å²) in [5.74, 6) is -8.48. The molecule has 2 aliphatic heterocycles. The second-order valence-corrected chi connectivity index (χ2v) is 7.58. The van der Waals surface area contributed by atoms with Gasteiger partial charge in [0.25, 0.3) is 17.7 Å². The first kappa shape index (κ1) is 21.7. The molecule has 2 aliphatic rings. The molecule has 2 atom stereocenters. The van der Waals surface area contributed by atoms with Gasteiger partial charge in [0.05, 0.1) is 12.6 Å². The lowest BCUT2D eigenvalue weighted by Gasteiger charge is -2.39. The van der Waals surface area contributed by atoms with Crippen molar-refractivity contribution in [3.05, 3.63) is 53.5 Å². The number of halogens is 4. The predicted molar refractivity (Wildman–Crippen MR) is 105 cm³/mol. The molecule has 2 aromatic rings. The normalized spacial score (nSPS) is 22.2. The van der Waals surface area contributed by atoms with Crippen LogP contribution in [0, 0.1) is 17.6 Å². The molecule has 0 radical (unpaired) electrons. The molecule has 32 heavy (non-hydrogen) atoms. The minimum absolute atomic E-state index is 0.0536. The van der Waals surface area contributed by atoms with E-state index in [1.165, 1.54) is 17.2 Å². The van der Waals surface area contributed by atoms with Crippen LogP contribution in [0.5, 0.6) is 0 Å². The zero-order valence-corrected chi connectivity index (χ0v) is 16.6. The van der Waals surface area contributed by atoms with E-state index in [-0.39, 0.29) is 36.5 Å². The molecule has 1 aromatic heterocycles. The third kappa shape index (κ3) is 4.12. The van der Waals surface area contributed by atoms with E-state index in [1.54, 1.807) is 0 Å². The van der Waals surface area contributed by atoms with Crippen LogP contribution in [0.4, 0.5) is 23.4 Å². The Bertz CT molecular complexity index is 1080. The van der Waals surface area contributed by atoms with E-state index in [1.807, 2.05) is 0 Å². The fraction of sp³-hybridized carbons (Fsp3) is 0.350. The van der Waals surface area contributed by atoms with Crippen molar-refractivity contribution in [3.63, 3.8) is 0 Å². The average Bonchev–Trinajstić information content (AvgIpc) is 3.22. The third-order valence-electron chi connectivity index (χ3n) is 5.45. The molecule has 168 valence electrons. The molecule has 3 heterocycles. The summed E-state index contributed by atoms with van der Waals surface area (Å²) in [5.41, 5.74) is 5.19. The highest BCUT2D eigenvalue weighted by Crippen LogP contribution is 2.39. The number of nitrogens with two attached hydrogens (primary N) is 1. The Balaban J connectivity index is 1.53. The Morgan fingerprint density at radius 3 is 2.47 bits per heavy atom. The van der Waals surface area contributed by atoms with Gasteiger partial charge in [0.1, 0.15) is 35.4 Å². The van der Waals surface area contributed by atoms with Crippen LogP contribution in [-0.4, -0.2) is 52.0 Å². The molecule has 1 fully saturated rings. The number of carbonyl (C=O) groups is 2. The number of hydrogen-bond donors (Lipinski definition) is 1. The van der Waals surface area contributed by atoms with E-state index in [0.717, 1.165) is 23.5 Å². The monoisotopic (exact) mass is 450 g/mol. The van der Waals surface area contributed by atoms with Crippen molar-refractivity contribution in [3.8, 4) is 0 Å². The van der Waals surface area contributed by atoms with Gasteiger partial charge < -0.3 is 10.6 Å². The van der Waals surface area contributed by atoms with Crippen LogP contribution in [0.3, 0.4) is 0 Å². The van der Waals surface area contributed by atoms with Gasteiger partial charge in [-0.05, 0) is 24.1 Å². The molecular formula is C20H18F4N6O2. The summed E-state index contributed by atoms with van der Waals surface area (Å²) in [6, 6.07) is 3.12. The van der Waals surface area contributed by atoms with Crippen LogP contribution in [0.1, 0.15) is 34.9 Å². The zero-order valence-electron chi connectivity index (χ0n) is 16.6. The number of primary amides is 1. The number of carbonyl (C=O) groups excluding carboxylic acids is 2. The first-order chi connectivity index (χ1) is 15.2. The van der Waals surface area contributed by atoms with E-state index in [9.17, 15) is 18.4 Å². The van der Waals surface area contributed by atoms with Crippen molar-refractivity contribution in [1.82, 2.24) is 15.0 Å². The van der Waals surface area contributed by atoms with Crippen LogP contribution >= 0.6 is 0 Å². The van der Waals surface area contributed by atoms with Gasteiger partial charge in [-0.15, -0.1) is 0 Å². The highest BCUT2D eigenvalue weighted by molar-refractivity contribution is 5.91. The van der Waals surface area contributed by atoms with Crippen LogP contribution in [0.25, 0.3) is 0 Å². The molecule has 0 aliphatic carbocycles. The smallest absolute Gasteiger partial charge is 0.276 e. The molecule has 0 bridgehead atoms. The predicted octanol–water partition coefficient (Wildman–Crippen LogP) is 2.27. The number of amides is 2. The lowest BCUT2D eigenvalue weighted by molar-refractivity contribution is -0.153.